The maximum Gasteiger partial charge on any atom is 0.416 e. The van der Waals surface area contributed by atoms with Crippen LogP contribution in [0.5, 0.6) is 0 Å². The van der Waals surface area contributed by atoms with Crippen molar-refractivity contribution in [3.05, 3.63) is 60.2 Å². The van der Waals surface area contributed by atoms with Gasteiger partial charge >= 0.3 is 6.18 Å². The van der Waals surface area contributed by atoms with Crippen LogP contribution in [-0.2, 0) is 25.7 Å². The van der Waals surface area contributed by atoms with Crippen LogP contribution in [0.2, 0.25) is 0 Å². The topological polar surface area (TPSA) is 75.7 Å². The number of nitrogens with one attached hydrogen (secondary N) is 1. The number of amides is 1. The van der Waals surface area contributed by atoms with Crippen molar-refractivity contribution >= 4 is 21.6 Å². The van der Waals surface area contributed by atoms with E-state index in [9.17, 15) is 26.4 Å². The Morgan fingerprint density at radius 2 is 1.76 bits per heavy atom. The summed E-state index contributed by atoms with van der Waals surface area (Å²) < 4.78 is 72.4. The minimum absolute atomic E-state index is 0.125. The van der Waals surface area contributed by atoms with Crippen molar-refractivity contribution in [2.75, 3.05) is 24.0 Å². The number of anilines is 1. The molecule has 0 heterocycles. The van der Waals surface area contributed by atoms with E-state index >= 15 is 0 Å². The molecular weight excluding hydrogens is 457 g/mol. The second kappa shape index (κ2) is 11.0. The first kappa shape index (κ1) is 25.0. The normalized spacial score (nSPS) is 14.9. The van der Waals surface area contributed by atoms with E-state index < -0.39 is 34.2 Å². The van der Waals surface area contributed by atoms with Crippen molar-refractivity contribution in [3.63, 3.8) is 0 Å². The molecule has 33 heavy (non-hydrogen) atoms. The van der Waals surface area contributed by atoms with Crippen molar-refractivity contribution in [1.29, 1.82) is 0 Å². The van der Waals surface area contributed by atoms with E-state index in [0.29, 0.717) is 17.3 Å². The number of sulfonamides is 1. The lowest BCUT2D eigenvalue weighted by atomic mass is 10.2. The highest BCUT2D eigenvalue weighted by Gasteiger charge is 2.33. The van der Waals surface area contributed by atoms with Crippen LogP contribution in [0.1, 0.15) is 37.7 Å². The number of carbonyl (C=O) groups excluding carboxylic acids is 1. The summed E-state index contributed by atoms with van der Waals surface area (Å²) in [5.41, 5.74) is -1.24. The lowest BCUT2D eigenvalue weighted by Gasteiger charge is -2.25. The summed E-state index contributed by atoms with van der Waals surface area (Å²) >= 11 is 0. The molecule has 0 spiro atoms. The van der Waals surface area contributed by atoms with Gasteiger partial charge < -0.3 is 10.1 Å². The van der Waals surface area contributed by atoms with Gasteiger partial charge in [-0.25, -0.2) is 8.42 Å². The third-order valence-corrected chi connectivity index (χ3v) is 7.17. The molecule has 1 N–H and O–H groups in total. The quantitative estimate of drug-likeness (QED) is 0.509. The summed E-state index contributed by atoms with van der Waals surface area (Å²) in [5.74, 6) is -0.618. The monoisotopic (exact) mass is 484 g/mol. The van der Waals surface area contributed by atoms with Gasteiger partial charge in [-0.3, -0.25) is 9.10 Å². The molecule has 0 bridgehead atoms. The number of alkyl halides is 3. The zero-order valence-corrected chi connectivity index (χ0v) is 18.9. The van der Waals surface area contributed by atoms with E-state index in [0.717, 1.165) is 43.9 Å². The second-order valence-corrected chi connectivity index (χ2v) is 9.72. The second-order valence-electron chi connectivity index (χ2n) is 7.85. The minimum atomic E-state index is -4.65. The predicted molar refractivity (Wildman–Crippen MR) is 118 cm³/mol. The smallest absolute Gasteiger partial charge is 0.378 e. The van der Waals surface area contributed by atoms with E-state index in [2.05, 4.69) is 5.32 Å². The van der Waals surface area contributed by atoms with E-state index in [1.54, 1.807) is 6.07 Å². The van der Waals surface area contributed by atoms with Gasteiger partial charge in [0.05, 0.1) is 22.3 Å². The molecule has 0 aromatic heterocycles. The molecule has 1 aliphatic carbocycles. The number of carbonyl (C=O) groups is 1. The van der Waals surface area contributed by atoms with Gasteiger partial charge in [-0.1, -0.05) is 37.1 Å². The standard InChI is InChI=1S/C23H27F3N2O4S/c24-23(25,26)18-8-6-9-19(16-18)28(33(30,31)21-12-2-1-3-13-21)17-22(29)27-14-7-15-32-20-10-4-5-11-20/h1-3,6,8-9,12-13,16,20H,4-5,7,10-11,14-15,17H2,(H,27,29). The zero-order chi connectivity index (χ0) is 23.9. The summed E-state index contributed by atoms with van der Waals surface area (Å²) in [7, 11) is -4.28. The van der Waals surface area contributed by atoms with Gasteiger partial charge in [0.1, 0.15) is 6.54 Å². The van der Waals surface area contributed by atoms with Crippen LogP contribution in [0.4, 0.5) is 18.9 Å². The first-order valence-electron chi connectivity index (χ1n) is 10.8. The van der Waals surface area contributed by atoms with Gasteiger partial charge in [0.25, 0.3) is 10.0 Å². The Morgan fingerprint density at radius 3 is 2.42 bits per heavy atom. The van der Waals surface area contributed by atoms with Crippen molar-refractivity contribution in [3.8, 4) is 0 Å². The summed E-state index contributed by atoms with van der Waals surface area (Å²) in [4.78, 5) is 12.4. The van der Waals surface area contributed by atoms with Gasteiger partial charge in [-0.05, 0) is 49.6 Å². The van der Waals surface area contributed by atoms with Crippen LogP contribution in [0.15, 0.2) is 59.5 Å². The maximum absolute atomic E-state index is 13.2. The van der Waals surface area contributed by atoms with Crippen molar-refractivity contribution in [2.24, 2.45) is 0 Å². The van der Waals surface area contributed by atoms with Crippen LogP contribution in [-0.4, -0.2) is 40.1 Å². The maximum atomic E-state index is 13.2. The molecule has 1 amide bonds. The number of nitrogens with zero attached hydrogens (tertiary/aromatic N) is 1. The molecule has 2 aromatic rings. The summed E-state index contributed by atoms with van der Waals surface area (Å²) in [6, 6.07) is 11.2. The van der Waals surface area contributed by atoms with Crippen LogP contribution in [0.25, 0.3) is 0 Å². The average Bonchev–Trinajstić information content (AvgIpc) is 3.31. The third-order valence-electron chi connectivity index (χ3n) is 5.38. The van der Waals surface area contributed by atoms with Gasteiger partial charge in [0.15, 0.2) is 0 Å². The highest BCUT2D eigenvalue weighted by molar-refractivity contribution is 7.92. The SMILES string of the molecule is O=C(CN(c1cccc(C(F)(F)F)c1)S(=O)(=O)c1ccccc1)NCCCOC1CCCC1. The number of benzene rings is 2. The summed E-state index contributed by atoms with van der Waals surface area (Å²) in [6.45, 7) is 0.0972. The van der Waals surface area contributed by atoms with Gasteiger partial charge in [0.2, 0.25) is 5.91 Å². The molecule has 0 radical (unpaired) electrons. The van der Waals surface area contributed by atoms with E-state index in [4.69, 9.17) is 4.74 Å². The highest BCUT2D eigenvalue weighted by atomic mass is 32.2. The third kappa shape index (κ3) is 6.94. The molecular formula is C23H27F3N2O4S. The molecule has 6 nitrogen and oxygen atoms in total. The van der Waals surface area contributed by atoms with Crippen molar-refractivity contribution in [1.82, 2.24) is 5.32 Å². The number of ether oxygens (including phenoxy) is 1. The van der Waals surface area contributed by atoms with Crippen molar-refractivity contribution < 1.29 is 31.1 Å². The summed E-state index contributed by atoms with van der Waals surface area (Å²) in [6.07, 6.45) is 0.543. The Kier molecular flexibility index (Phi) is 8.36. The first-order chi connectivity index (χ1) is 15.7. The van der Waals surface area contributed by atoms with Gasteiger partial charge in [0, 0.05) is 13.2 Å². The lowest BCUT2D eigenvalue weighted by Crippen LogP contribution is -2.41. The first-order valence-corrected chi connectivity index (χ1v) is 12.3. The summed E-state index contributed by atoms with van der Waals surface area (Å²) in [5, 5.41) is 2.63. The highest BCUT2D eigenvalue weighted by Crippen LogP contribution is 2.33. The number of hydrogen-bond acceptors (Lipinski definition) is 4. The number of halogens is 3. The van der Waals surface area contributed by atoms with Gasteiger partial charge in [-0.2, -0.15) is 13.2 Å². The van der Waals surface area contributed by atoms with E-state index in [1.165, 1.54) is 30.3 Å². The minimum Gasteiger partial charge on any atom is -0.378 e. The van der Waals surface area contributed by atoms with E-state index in [-0.39, 0.29) is 23.2 Å². The van der Waals surface area contributed by atoms with Crippen LogP contribution in [0, 0.1) is 0 Å². The fourth-order valence-electron chi connectivity index (χ4n) is 3.66. The zero-order valence-electron chi connectivity index (χ0n) is 18.1. The predicted octanol–water partition coefficient (Wildman–Crippen LogP) is 4.37. The van der Waals surface area contributed by atoms with Crippen LogP contribution < -0.4 is 9.62 Å². The fourth-order valence-corrected chi connectivity index (χ4v) is 5.10. The van der Waals surface area contributed by atoms with Crippen molar-refractivity contribution in [2.45, 2.75) is 49.3 Å². The Balaban J connectivity index is 1.71. The number of rotatable bonds is 10. The largest absolute Gasteiger partial charge is 0.416 e. The molecule has 180 valence electrons. The molecule has 0 aliphatic heterocycles. The molecule has 10 heteroatoms. The molecule has 1 saturated carbocycles. The molecule has 3 rings (SSSR count). The van der Waals surface area contributed by atoms with Gasteiger partial charge in [-0.15, -0.1) is 0 Å². The lowest BCUT2D eigenvalue weighted by molar-refractivity contribution is -0.137. The molecule has 0 unspecified atom stereocenters. The Bertz CT molecular complexity index is 1020. The number of hydrogen-bond donors (Lipinski definition) is 1. The Morgan fingerprint density at radius 1 is 1.06 bits per heavy atom. The van der Waals surface area contributed by atoms with E-state index in [1.807, 2.05) is 0 Å². The van der Waals surface area contributed by atoms with Crippen LogP contribution in [0.3, 0.4) is 0 Å². The Labute approximate surface area is 191 Å². The average molecular weight is 485 g/mol. The molecule has 1 aliphatic rings. The molecule has 2 aromatic carbocycles. The Hall–Kier alpha value is -2.59. The molecule has 0 saturated heterocycles. The van der Waals surface area contributed by atoms with Crippen LogP contribution >= 0.6 is 0 Å². The molecule has 0 atom stereocenters. The molecule has 1 fully saturated rings. The fraction of sp³-hybridized carbons (Fsp3) is 0.435.